The molecule has 0 fully saturated rings. The van der Waals surface area contributed by atoms with Gasteiger partial charge < -0.3 is 15.7 Å². The number of aromatic carboxylic acids is 1. The highest BCUT2D eigenvalue weighted by molar-refractivity contribution is 6.00. The van der Waals surface area contributed by atoms with Crippen LogP contribution >= 0.6 is 0 Å². The zero-order chi connectivity index (χ0) is 14.0. The van der Waals surface area contributed by atoms with Crippen molar-refractivity contribution in [1.29, 1.82) is 0 Å². The molecule has 102 valence electrons. The molecule has 0 aliphatic carbocycles. The number of fused-ring (bicyclic) bond motifs is 1. The number of benzene rings is 1. The highest BCUT2D eigenvalue weighted by Crippen LogP contribution is 2.30. The molecule has 0 spiro atoms. The lowest BCUT2D eigenvalue weighted by atomic mass is 9.95. The molecule has 1 aromatic rings. The molecule has 1 aromatic carbocycles. The molecule has 0 bridgehead atoms. The second kappa shape index (κ2) is 5.40. The molecule has 2 rings (SSSR count). The Labute approximate surface area is 112 Å². The Bertz CT molecular complexity index is 513. The molecule has 1 heterocycles. The third-order valence-corrected chi connectivity index (χ3v) is 3.50. The Morgan fingerprint density at radius 3 is 2.84 bits per heavy atom. The number of rotatable bonds is 3. The monoisotopic (exact) mass is 262 g/mol. The topological polar surface area (TPSA) is 83.6 Å². The van der Waals surface area contributed by atoms with Crippen molar-refractivity contribution >= 4 is 17.6 Å². The van der Waals surface area contributed by atoms with Crippen molar-refractivity contribution in [3.63, 3.8) is 0 Å². The molecule has 1 aliphatic rings. The van der Waals surface area contributed by atoms with Gasteiger partial charge in [-0.05, 0) is 37.0 Å². The van der Waals surface area contributed by atoms with Crippen molar-refractivity contribution < 1.29 is 14.7 Å². The smallest absolute Gasteiger partial charge is 0.336 e. The van der Waals surface area contributed by atoms with Crippen LogP contribution < -0.4 is 10.6 Å². The molecule has 1 unspecified atom stereocenters. The summed E-state index contributed by atoms with van der Waals surface area (Å²) in [6.45, 7) is 2.46. The van der Waals surface area contributed by atoms with E-state index in [1.54, 1.807) is 23.1 Å². The van der Waals surface area contributed by atoms with E-state index in [1.165, 1.54) is 0 Å². The van der Waals surface area contributed by atoms with Gasteiger partial charge in [0, 0.05) is 12.2 Å². The SMILES string of the molecule is CCC(N)C(=O)N1CCCc2c(C(=O)O)cccc21. The molecule has 5 nitrogen and oxygen atoms in total. The minimum Gasteiger partial charge on any atom is -0.478 e. The third kappa shape index (κ3) is 2.46. The van der Waals surface area contributed by atoms with E-state index < -0.39 is 12.0 Å². The summed E-state index contributed by atoms with van der Waals surface area (Å²) in [6, 6.07) is 4.51. The van der Waals surface area contributed by atoms with Crippen LogP contribution in [0, 0.1) is 0 Å². The van der Waals surface area contributed by atoms with Gasteiger partial charge in [-0.25, -0.2) is 4.79 Å². The van der Waals surface area contributed by atoms with E-state index in [4.69, 9.17) is 5.73 Å². The maximum absolute atomic E-state index is 12.2. The van der Waals surface area contributed by atoms with Crippen molar-refractivity contribution in [2.24, 2.45) is 5.73 Å². The average molecular weight is 262 g/mol. The zero-order valence-electron chi connectivity index (χ0n) is 10.9. The number of nitrogens with two attached hydrogens (primary N) is 1. The summed E-state index contributed by atoms with van der Waals surface area (Å²) in [6.07, 6.45) is 2.02. The van der Waals surface area contributed by atoms with Gasteiger partial charge in [-0.1, -0.05) is 13.0 Å². The molecule has 1 atom stereocenters. The number of nitrogens with zero attached hydrogens (tertiary/aromatic N) is 1. The number of hydrogen-bond donors (Lipinski definition) is 2. The van der Waals surface area contributed by atoms with Gasteiger partial charge in [-0.15, -0.1) is 0 Å². The van der Waals surface area contributed by atoms with Gasteiger partial charge in [-0.3, -0.25) is 4.79 Å². The minimum absolute atomic E-state index is 0.133. The summed E-state index contributed by atoms with van der Waals surface area (Å²) < 4.78 is 0. The number of hydrogen-bond acceptors (Lipinski definition) is 3. The Morgan fingerprint density at radius 1 is 1.47 bits per heavy atom. The fraction of sp³-hybridized carbons (Fsp3) is 0.429. The summed E-state index contributed by atoms with van der Waals surface area (Å²) in [5, 5.41) is 9.19. The Morgan fingerprint density at radius 2 is 2.21 bits per heavy atom. The van der Waals surface area contributed by atoms with Gasteiger partial charge in [0.25, 0.3) is 0 Å². The van der Waals surface area contributed by atoms with Crippen molar-refractivity contribution in [2.45, 2.75) is 32.2 Å². The summed E-state index contributed by atoms with van der Waals surface area (Å²) in [7, 11) is 0. The van der Waals surface area contributed by atoms with Crippen LogP contribution in [0.2, 0.25) is 0 Å². The average Bonchev–Trinajstić information content (AvgIpc) is 2.44. The molecule has 3 N–H and O–H groups in total. The number of carboxylic acid groups (broad SMARTS) is 1. The highest BCUT2D eigenvalue weighted by atomic mass is 16.4. The van der Waals surface area contributed by atoms with Crippen molar-refractivity contribution in [3.05, 3.63) is 29.3 Å². The number of carbonyl (C=O) groups excluding carboxylic acids is 1. The van der Waals surface area contributed by atoms with E-state index in [0.717, 1.165) is 12.0 Å². The molecular weight excluding hydrogens is 244 g/mol. The maximum atomic E-state index is 12.2. The standard InChI is InChI=1S/C14H18N2O3/c1-2-11(15)13(17)16-8-4-6-9-10(14(18)19)5-3-7-12(9)16/h3,5,7,11H,2,4,6,8,15H2,1H3,(H,18,19). The normalized spacial score (nSPS) is 15.8. The number of carbonyl (C=O) groups is 2. The molecule has 5 heteroatoms. The first kappa shape index (κ1) is 13.5. The lowest BCUT2D eigenvalue weighted by Gasteiger charge is -2.31. The minimum atomic E-state index is -0.953. The predicted molar refractivity (Wildman–Crippen MR) is 72.3 cm³/mol. The molecule has 0 radical (unpaired) electrons. The maximum Gasteiger partial charge on any atom is 0.336 e. The molecular formula is C14H18N2O3. The first-order valence-corrected chi connectivity index (χ1v) is 6.48. The quantitative estimate of drug-likeness (QED) is 0.862. The van der Waals surface area contributed by atoms with Crippen LogP contribution in [0.15, 0.2) is 18.2 Å². The summed E-state index contributed by atoms with van der Waals surface area (Å²) in [5.41, 5.74) is 7.50. The van der Waals surface area contributed by atoms with Crippen molar-refractivity contribution in [3.8, 4) is 0 Å². The van der Waals surface area contributed by atoms with E-state index in [9.17, 15) is 14.7 Å². The molecule has 0 saturated carbocycles. The lowest BCUT2D eigenvalue weighted by Crippen LogP contribution is -2.46. The van der Waals surface area contributed by atoms with Gasteiger partial charge in [-0.2, -0.15) is 0 Å². The van der Waals surface area contributed by atoms with Crippen LogP contribution in [0.5, 0.6) is 0 Å². The number of amides is 1. The molecule has 0 aromatic heterocycles. The molecule has 0 saturated heterocycles. The molecule has 19 heavy (non-hydrogen) atoms. The Balaban J connectivity index is 2.43. The van der Waals surface area contributed by atoms with Crippen LogP contribution in [0.1, 0.15) is 35.7 Å². The van der Waals surface area contributed by atoms with Crippen molar-refractivity contribution in [2.75, 3.05) is 11.4 Å². The van der Waals surface area contributed by atoms with E-state index in [2.05, 4.69) is 0 Å². The van der Waals surface area contributed by atoms with Crippen LogP contribution in [0.3, 0.4) is 0 Å². The molecule has 1 amide bonds. The summed E-state index contributed by atoms with van der Waals surface area (Å²) in [5.74, 6) is -1.09. The fourth-order valence-corrected chi connectivity index (χ4v) is 2.43. The number of carboxylic acids is 1. The van der Waals surface area contributed by atoms with Crippen LogP contribution in [0.25, 0.3) is 0 Å². The summed E-state index contributed by atoms with van der Waals surface area (Å²) >= 11 is 0. The first-order valence-electron chi connectivity index (χ1n) is 6.48. The van der Waals surface area contributed by atoms with Crippen LogP contribution in [0.4, 0.5) is 5.69 Å². The van der Waals surface area contributed by atoms with Crippen LogP contribution in [-0.2, 0) is 11.2 Å². The van der Waals surface area contributed by atoms with Crippen molar-refractivity contribution in [1.82, 2.24) is 0 Å². The van der Waals surface area contributed by atoms with Gasteiger partial charge in [0.05, 0.1) is 11.6 Å². The van der Waals surface area contributed by atoms with Gasteiger partial charge in [0.2, 0.25) is 5.91 Å². The van der Waals surface area contributed by atoms with E-state index >= 15 is 0 Å². The zero-order valence-corrected chi connectivity index (χ0v) is 10.9. The first-order chi connectivity index (χ1) is 9.06. The van der Waals surface area contributed by atoms with E-state index in [1.807, 2.05) is 6.92 Å². The van der Waals surface area contributed by atoms with Gasteiger partial charge >= 0.3 is 5.97 Å². The Kier molecular flexibility index (Phi) is 3.85. The second-order valence-electron chi connectivity index (χ2n) is 4.72. The summed E-state index contributed by atoms with van der Waals surface area (Å²) in [4.78, 5) is 25.1. The second-order valence-corrected chi connectivity index (χ2v) is 4.72. The van der Waals surface area contributed by atoms with Crippen LogP contribution in [-0.4, -0.2) is 29.6 Å². The van der Waals surface area contributed by atoms with Gasteiger partial charge in [0.1, 0.15) is 0 Å². The predicted octanol–water partition coefficient (Wildman–Crippen LogP) is 1.40. The fourth-order valence-electron chi connectivity index (χ4n) is 2.43. The van der Waals surface area contributed by atoms with Gasteiger partial charge in [0.15, 0.2) is 0 Å². The largest absolute Gasteiger partial charge is 0.478 e. The van der Waals surface area contributed by atoms with E-state index in [0.29, 0.717) is 25.1 Å². The van der Waals surface area contributed by atoms with E-state index in [-0.39, 0.29) is 11.5 Å². The lowest BCUT2D eigenvalue weighted by molar-refractivity contribution is -0.120. The number of anilines is 1. The third-order valence-electron chi connectivity index (χ3n) is 3.50. The Hall–Kier alpha value is -1.88. The molecule has 1 aliphatic heterocycles. The highest BCUT2D eigenvalue weighted by Gasteiger charge is 2.28.